The average Bonchev–Trinajstić information content (AvgIpc) is 2.72. The molecule has 0 radical (unpaired) electrons. The van der Waals surface area contributed by atoms with Crippen molar-refractivity contribution in [3.63, 3.8) is 0 Å². The average molecular weight is 234 g/mol. The lowest BCUT2D eigenvalue weighted by atomic mass is 9.71. The van der Waals surface area contributed by atoms with Crippen molar-refractivity contribution in [3.8, 4) is 0 Å². The summed E-state index contributed by atoms with van der Waals surface area (Å²) in [5, 5.41) is 0. The van der Waals surface area contributed by atoms with Crippen molar-refractivity contribution in [3.05, 3.63) is 0 Å². The molecular formula is C17H30. The van der Waals surface area contributed by atoms with Crippen LogP contribution >= 0.6 is 0 Å². The lowest BCUT2D eigenvalue weighted by Gasteiger charge is -2.34. The maximum absolute atomic E-state index is 2.55. The molecule has 0 saturated heterocycles. The van der Waals surface area contributed by atoms with Crippen LogP contribution in [0.15, 0.2) is 0 Å². The maximum atomic E-state index is 2.55. The second-order valence-corrected chi connectivity index (χ2v) is 7.19. The second kappa shape index (κ2) is 4.94. The SMILES string of the molecule is CCC(C)C1C2CCCCC2C2CCCCC21. The molecular weight excluding hydrogens is 204 g/mol. The van der Waals surface area contributed by atoms with E-state index < -0.39 is 0 Å². The smallest absolute Gasteiger partial charge is 0.0326 e. The molecule has 0 N–H and O–H groups in total. The Morgan fingerprint density at radius 2 is 1.18 bits per heavy atom. The first-order valence-electron chi connectivity index (χ1n) is 8.33. The highest BCUT2D eigenvalue weighted by atomic mass is 14.6. The van der Waals surface area contributed by atoms with Crippen molar-refractivity contribution in [2.24, 2.45) is 35.5 Å². The highest BCUT2D eigenvalue weighted by Gasteiger charge is 2.51. The molecule has 0 amide bonds. The molecule has 3 fully saturated rings. The van der Waals surface area contributed by atoms with Gasteiger partial charge in [-0.05, 0) is 61.2 Å². The van der Waals surface area contributed by atoms with Crippen LogP contribution in [0.4, 0.5) is 0 Å². The van der Waals surface area contributed by atoms with Crippen LogP contribution in [0.25, 0.3) is 0 Å². The summed E-state index contributed by atoms with van der Waals surface area (Å²) in [5.74, 6) is 6.66. The molecule has 0 spiro atoms. The van der Waals surface area contributed by atoms with Gasteiger partial charge < -0.3 is 0 Å². The number of hydrogen-bond donors (Lipinski definition) is 0. The Labute approximate surface area is 108 Å². The number of hydrogen-bond acceptors (Lipinski definition) is 0. The molecule has 0 nitrogen and oxygen atoms in total. The standard InChI is InChI=1S/C17H30/c1-3-12(2)17-15-10-6-4-8-13(15)14-9-5-7-11-16(14)17/h12-17H,3-11H2,1-2H3. The molecule has 3 aliphatic rings. The number of rotatable bonds is 2. The molecule has 3 saturated carbocycles. The summed E-state index contributed by atoms with van der Waals surface area (Å²) in [6.45, 7) is 4.96. The van der Waals surface area contributed by atoms with Crippen LogP contribution in [0.2, 0.25) is 0 Å². The van der Waals surface area contributed by atoms with Gasteiger partial charge in [-0.2, -0.15) is 0 Å². The first-order chi connectivity index (χ1) is 8.33. The largest absolute Gasteiger partial charge is 0.0651 e. The lowest BCUT2D eigenvalue weighted by Crippen LogP contribution is -2.26. The zero-order chi connectivity index (χ0) is 11.8. The van der Waals surface area contributed by atoms with E-state index in [9.17, 15) is 0 Å². The predicted octanol–water partition coefficient (Wildman–Crippen LogP) is 5.28. The fourth-order valence-electron chi connectivity index (χ4n) is 5.83. The first-order valence-corrected chi connectivity index (χ1v) is 8.33. The summed E-state index contributed by atoms with van der Waals surface area (Å²) in [7, 11) is 0. The topological polar surface area (TPSA) is 0 Å². The van der Waals surface area contributed by atoms with Gasteiger partial charge in [0.05, 0.1) is 0 Å². The molecule has 5 unspecified atom stereocenters. The van der Waals surface area contributed by atoms with Crippen molar-refractivity contribution in [2.75, 3.05) is 0 Å². The predicted molar refractivity (Wildman–Crippen MR) is 73.8 cm³/mol. The normalized spacial score (nSPS) is 47.3. The van der Waals surface area contributed by atoms with Crippen LogP contribution < -0.4 is 0 Å². The van der Waals surface area contributed by atoms with E-state index in [1.54, 1.807) is 25.7 Å². The van der Waals surface area contributed by atoms with Crippen molar-refractivity contribution in [2.45, 2.75) is 71.6 Å². The first kappa shape index (κ1) is 12.1. The van der Waals surface area contributed by atoms with Crippen LogP contribution in [-0.2, 0) is 0 Å². The zero-order valence-corrected chi connectivity index (χ0v) is 11.8. The van der Waals surface area contributed by atoms with E-state index in [4.69, 9.17) is 0 Å². The summed E-state index contributed by atoms with van der Waals surface area (Å²) >= 11 is 0. The molecule has 3 rings (SSSR count). The Kier molecular flexibility index (Phi) is 3.50. The monoisotopic (exact) mass is 234 g/mol. The van der Waals surface area contributed by atoms with Gasteiger partial charge in [-0.3, -0.25) is 0 Å². The molecule has 3 aliphatic carbocycles. The van der Waals surface area contributed by atoms with Gasteiger partial charge >= 0.3 is 0 Å². The summed E-state index contributed by atoms with van der Waals surface area (Å²) in [5.41, 5.74) is 0. The van der Waals surface area contributed by atoms with E-state index in [0.717, 1.165) is 35.5 Å². The molecule has 5 atom stereocenters. The lowest BCUT2D eigenvalue weighted by molar-refractivity contribution is 0.155. The van der Waals surface area contributed by atoms with Crippen LogP contribution in [0.5, 0.6) is 0 Å². The third-order valence-electron chi connectivity index (χ3n) is 6.59. The summed E-state index contributed by atoms with van der Waals surface area (Å²) < 4.78 is 0. The van der Waals surface area contributed by atoms with Crippen molar-refractivity contribution >= 4 is 0 Å². The molecule has 0 aromatic carbocycles. The summed E-state index contributed by atoms with van der Waals surface area (Å²) in [4.78, 5) is 0. The van der Waals surface area contributed by atoms with Gasteiger partial charge in [0.25, 0.3) is 0 Å². The highest BCUT2D eigenvalue weighted by Crippen LogP contribution is 2.59. The Morgan fingerprint density at radius 1 is 0.765 bits per heavy atom. The highest BCUT2D eigenvalue weighted by molar-refractivity contribution is 5.00. The summed E-state index contributed by atoms with van der Waals surface area (Å²) in [6, 6.07) is 0. The molecule has 17 heavy (non-hydrogen) atoms. The van der Waals surface area contributed by atoms with E-state index in [1.165, 1.54) is 32.1 Å². The minimum atomic E-state index is 0.994. The van der Waals surface area contributed by atoms with E-state index in [-0.39, 0.29) is 0 Å². The van der Waals surface area contributed by atoms with Gasteiger partial charge in [0.1, 0.15) is 0 Å². The van der Waals surface area contributed by atoms with Crippen LogP contribution in [0.1, 0.15) is 71.6 Å². The fourth-order valence-corrected chi connectivity index (χ4v) is 5.83. The van der Waals surface area contributed by atoms with Gasteiger partial charge in [0.15, 0.2) is 0 Å². The minimum absolute atomic E-state index is 0.994. The maximum Gasteiger partial charge on any atom is -0.0326 e. The fraction of sp³-hybridized carbons (Fsp3) is 1.00. The number of fused-ring (bicyclic) bond motifs is 3. The minimum Gasteiger partial charge on any atom is -0.0651 e. The van der Waals surface area contributed by atoms with Gasteiger partial charge in [-0.25, -0.2) is 0 Å². The van der Waals surface area contributed by atoms with Crippen molar-refractivity contribution in [1.29, 1.82) is 0 Å². The van der Waals surface area contributed by atoms with E-state index >= 15 is 0 Å². The van der Waals surface area contributed by atoms with Crippen molar-refractivity contribution in [1.82, 2.24) is 0 Å². The van der Waals surface area contributed by atoms with Gasteiger partial charge in [0, 0.05) is 0 Å². The van der Waals surface area contributed by atoms with E-state index in [0.29, 0.717) is 0 Å². The third kappa shape index (κ3) is 1.96. The molecule has 0 heterocycles. The van der Waals surface area contributed by atoms with Gasteiger partial charge in [-0.15, -0.1) is 0 Å². The molecule has 0 aromatic rings. The van der Waals surface area contributed by atoms with Crippen LogP contribution in [0, 0.1) is 35.5 Å². The second-order valence-electron chi connectivity index (χ2n) is 7.19. The van der Waals surface area contributed by atoms with Gasteiger partial charge in [-0.1, -0.05) is 46.0 Å². The molecule has 0 aliphatic heterocycles. The molecule has 98 valence electrons. The molecule has 0 bridgehead atoms. The van der Waals surface area contributed by atoms with E-state index in [2.05, 4.69) is 13.8 Å². The van der Waals surface area contributed by atoms with Crippen LogP contribution in [0.3, 0.4) is 0 Å². The van der Waals surface area contributed by atoms with E-state index in [1.807, 2.05) is 0 Å². The Hall–Kier alpha value is 0. The van der Waals surface area contributed by atoms with Gasteiger partial charge in [0.2, 0.25) is 0 Å². The third-order valence-corrected chi connectivity index (χ3v) is 6.59. The Balaban J connectivity index is 1.84. The van der Waals surface area contributed by atoms with Crippen molar-refractivity contribution < 1.29 is 0 Å². The van der Waals surface area contributed by atoms with Crippen LogP contribution in [-0.4, -0.2) is 0 Å². The zero-order valence-electron chi connectivity index (χ0n) is 11.8. The summed E-state index contributed by atoms with van der Waals surface area (Å²) in [6.07, 6.45) is 13.9. The Bertz CT molecular complexity index is 235. The Morgan fingerprint density at radius 3 is 1.59 bits per heavy atom. The molecule has 0 heteroatoms. The quantitative estimate of drug-likeness (QED) is 0.610. The molecule has 0 aromatic heterocycles.